The Labute approximate surface area is 135 Å². The average molecular weight is 313 g/mol. The van der Waals surface area contributed by atoms with Crippen molar-refractivity contribution >= 4 is 17.6 Å². The summed E-state index contributed by atoms with van der Waals surface area (Å²) in [7, 11) is 3.58. The third-order valence-corrected chi connectivity index (χ3v) is 3.21. The molecule has 0 N–H and O–H groups in total. The largest absolute Gasteiger partial charge is 0.462 e. The van der Waals surface area contributed by atoms with Crippen molar-refractivity contribution in [2.75, 3.05) is 25.6 Å². The molecule has 6 heteroatoms. The number of nitrogens with zero attached hydrogens (tertiary/aromatic N) is 3. The van der Waals surface area contributed by atoms with Crippen LogP contribution in [0.3, 0.4) is 0 Å². The summed E-state index contributed by atoms with van der Waals surface area (Å²) in [5, 5.41) is 0. The van der Waals surface area contributed by atoms with Crippen LogP contribution < -0.4 is 4.90 Å². The number of esters is 1. The van der Waals surface area contributed by atoms with E-state index in [4.69, 9.17) is 4.74 Å². The van der Waals surface area contributed by atoms with Gasteiger partial charge in [0.25, 0.3) is 0 Å². The normalized spacial score (nSPS) is 10.3. The first-order chi connectivity index (χ1) is 10.9. The molecule has 0 fully saturated rings. The molecule has 0 unspecified atom stereocenters. The summed E-state index contributed by atoms with van der Waals surface area (Å²) in [6.07, 6.45) is 1.45. The number of benzene rings is 1. The number of anilines is 1. The molecule has 1 heterocycles. The van der Waals surface area contributed by atoms with Gasteiger partial charge >= 0.3 is 5.97 Å². The first-order valence-electron chi connectivity index (χ1n) is 7.27. The number of ether oxygens (including phenoxy) is 1. The van der Waals surface area contributed by atoms with Crippen molar-refractivity contribution in [1.82, 2.24) is 9.97 Å². The first-order valence-corrected chi connectivity index (χ1v) is 7.27. The Morgan fingerprint density at radius 2 is 2.00 bits per heavy atom. The number of carbonyl (C=O) groups excluding carboxylic acids is 2. The van der Waals surface area contributed by atoms with E-state index in [1.54, 1.807) is 44.1 Å². The van der Waals surface area contributed by atoms with Crippen LogP contribution in [0.1, 0.15) is 34.6 Å². The average Bonchev–Trinajstić information content (AvgIpc) is 2.54. The zero-order valence-corrected chi connectivity index (χ0v) is 13.7. The lowest BCUT2D eigenvalue weighted by Crippen LogP contribution is -2.18. The molecule has 2 rings (SSSR count). The van der Waals surface area contributed by atoms with Gasteiger partial charge in [0.1, 0.15) is 11.4 Å². The second-order valence-corrected chi connectivity index (χ2v) is 5.18. The quantitative estimate of drug-likeness (QED) is 0.624. The molecule has 0 aliphatic carbocycles. The summed E-state index contributed by atoms with van der Waals surface area (Å²) in [4.78, 5) is 33.9. The van der Waals surface area contributed by atoms with Gasteiger partial charge in [-0.2, -0.15) is 0 Å². The number of ketones is 1. The van der Waals surface area contributed by atoms with Gasteiger partial charge in [0, 0.05) is 31.4 Å². The Kier molecular flexibility index (Phi) is 5.05. The molecular weight excluding hydrogens is 294 g/mol. The van der Waals surface area contributed by atoms with E-state index in [-0.39, 0.29) is 12.4 Å². The van der Waals surface area contributed by atoms with E-state index in [2.05, 4.69) is 9.97 Å². The highest BCUT2D eigenvalue weighted by molar-refractivity contribution is 5.96. The minimum atomic E-state index is -0.458. The van der Waals surface area contributed by atoms with Crippen molar-refractivity contribution in [3.05, 3.63) is 41.6 Å². The Hall–Kier alpha value is -2.76. The number of carbonyl (C=O) groups is 2. The van der Waals surface area contributed by atoms with Crippen molar-refractivity contribution in [2.45, 2.75) is 13.8 Å². The molecule has 23 heavy (non-hydrogen) atoms. The van der Waals surface area contributed by atoms with Crippen LogP contribution in [0.2, 0.25) is 0 Å². The lowest BCUT2D eigenvalue weighted by molar-refractivity contribution is 0.0526. The van der Waals surface area contributed by atoms with Crippen LogP contribution in [-0.4, -0.2) is 42.4 Å². The predicted octanol–water partition coefficient (Wildman–Crippen LogP) is 2.59. The highest BCUT2D eigenvalue weighted by Gasteiger charge is 2.18. The summed E-state index contributed by atoms with van der Waals surface area (Å²) >= 11 is 0. The minimum Gasteiger partial charge on any atom is -0.462 e. The van der Waals surface area contributed by atoms with E-state index in [9.17, 15) is 9.59 Å². The number of rotatable bonds is 5. The van der Waals surface area contributed by atoms with Gasteiger partial charge in [0.15, 0.2) is 11.6 Å². The van der Waals surface area contributed by atoms with Gasteiger partial charge in [0.05, 0.1) is 6.61 Å². The first kappa shape index (κ1) is 16.6. The summed E-state index contributed by atoms with van der Waals surface area (Å²) in [6, 6.07) is 7.09. The van der Waals surface area contributed by atoms with E-state index >= 15 is 0 Å². The smallest absolute Gasteiger partial charge is 0.343 e. The van der Waals surface area contributed by atoms with Crippen LogP contribution in [0, 0.1) is 0 Å². The molecule has 0 aliphatic rings. The number of Topliss-reactive ketones (excluding diaryl/α,β-unsaturated/α-hetero) is 1. The number of hydrogen-bond donors (Lipinski definition) is 0. The molecule has 1 aromatic heterocycles. The van der Waals surface area contributed by atoms with Gasteiger partial charge in [-0.3, -0.25) is 4.79 Å². The molecule has 0 spiro atoms. The topological polar surface area (TPSA) is 72.4 Å². The molecule has 2 aromatic rings. The van der Waals surface area contributed by atoms with Crippen molar-refractivity contribution in [2.24, 2.45) is 0 Å². The van der Waals surface area contributed by atoms with Crippen molar-refractivity contribution < 1.29 is 14.3 Å². The van der Waals surface area contributed by atoms with Gasteiger partial charge in [0.2, 0.25) is 0 Å². The van der Waals surface area contributed by atoms with Crippen molar-refractivity contribution in [1.29, 1.82) is 0 Å². The monoisotopic (exact) mass is 313 g/mol. The molecule has 0 amide bonds. The van der Waals surface area contributed by atoms with Crippen molar-refractivity contribution in [3.8, 4) is 11.4 Å². The van der Waals surface area contributed by atoms with Crippen LogP contribution in [0.25, 0.3) is 11.4 Å². The Balaban J connectivity index is 2.49. The van der Waals surface area contributed by atoms with Gasteiger partial charge in [-0.05, 0) is 19.9 Å². The zero-order valence-electron chi connectivity index (χ0n) is 13.7. The fraction of sp³-hybridized carbons (Fsp3) is 0.294. The maximum Gasteiger partial charge on any atom is 0.343 e. The van der Waals surface area contributed by atoms with Crippen LogP contribution in [0.4, 0.5) is 5.82 Å². The number of aromatic nitrogens is 2. The standard InChI is InChI=1S/C17H19N3O3/c1-5-23-17(22)14-10-18-15(19-16(14)20(3)4)13-8-6-7-12(9-13)11(2)21/h6-10H,5H2,1-4H3. The van der Waals surface area contributed by atoms with Gasteiger partial charge in [-0.1, -0.05) is 18.2 Å². The summed E-state index contributed by atoms with van der Waals surface area (Å²) in [5.41, 5.74) is 1.62. The minimum absolute atomic E-state index is 0.0252. The van der Waals surface area contributed by atoms with Gasteiger partial charge in [-0.15, -0.1) is 0 Å². The molecule has 6 nitrogen and oxygen atoms in total. The summed E-state index contributed by atoms with van der Waals surface area (Å²) < 4.78 is 5.02. The third kappa shape index (κ3) is 3.71. The fourth-order valence-corrected chi connectivity index (χ4v) is 2.08. The molecule has 0 atom stereocenters. The summed E-state index contributed by atoms with van der Waals surface area (Å²) in [5.74, 6) is 0.439. The van der Waals surface area contributed by atoms with E-state index in [1.165, 1.54) is 13.1 Å². The van der Waals surface area contributed by atoms with Crippen LogP contribution in [-0.2, 0) is 4.74 Å². The second kappa shape index (κ2) is 7.00. The SMILES string of the molecule is CCOC(=O)c1cnc(-c2cccc(C(C)=O)c2)nc1N(C)C. The molecule has 0 aliphatic heterocycles. The van der Waals surface area contributed by atoms with Gasteiger partial charge < -0.3 is 9.64 Å². The maximum atomic E-state index is 12.0. The van der Waals surface area contributed by atoms with E-state index in [0.717, 1.165) is 5.56 Å². The molecule has 0 saturated heterocycles. The van der Waals surface area contributed by atoms with E-state index < -0.39 is 5.97 Å². The highest BCUT2D eigenvalue weighted by atomic mass is 16.5. The molecule has 120 valence electrons. The van der Waals surface area contributed by atoms with Crippen LogP contribution >= 0.6 is 0 Å². The lowest BCUT2D eigenvalue weighted by atomic mass is 10.1. The fourth-order valence-electron chi connectivity index (χ4n) is 2.08. The van der Waals surface area contributed by atoms with E-state index in [0.29, 0.717) is 22.8 Å². The third-order valence-electron chi connectivity index (χ3n) is 3.21. The van der Waals surface area contributed by atoms with Crippen LogP contribution in [0.15, 0.2) is 30.5 Å². The zero-order chi connectivity index (χ0) is 17.0. The second-order valence-electron chi connectivity index (χ2n) is 5.18. The molecule has 0 radical (unpaired) electrons. The van der Waals surface area contributed by atoms with E-state index in [1.807, 2.05) is 6.07 Å². The Morgan fingerprint density at radius 3 is 2.61 bits per heavy atom. The van der Waals surface area contributed by atoms with Gasteiger partial charge in [-0.25, -0.2) is 14.8 Å². The summed E-state index contributed by atoms with van der Waals surface area (Å²) in [6.45, 7) is 3.54. The Bertz CT molecular complexity index is 742. The molecular formula is C17H19N3O3. The molecule has 0 bridgehead atoms. The Morgan fingerprint density at radius 1 is 1.26 bits per heavy atom. The van der Waals surface area contributed by atoms with Crippen LogP contribution in [0.5, 0.6) is 0 Å². The maximum absolute atomic E-state index is 12.0. The molecule has 0 saturated carbocycles. The predicted molar refractivity (Wildman–Crippen MR) is 87.8 cm³/mol. The number of hydrogen-bond acceptors (Lipinski definition) is 6. The molecule has 1 aromatic carbocycles. The van der Waals surface area contributed by atoms with Crippen molar-refractivity contribution in [3.63, 3.8) is 0 Å². The highest BCUT2D eigenvalue weighted by Crippen LogP contribution is 2.22. The lowest BCUT2D eigenvalue weighted by Gasteiger charge is -2.16.